The highest BCUT2D eigenvalue weighted by atomic mass is 16.3. The Bertz CT molecular complexity index is 364. The molecule has 92 valence electrons. The Morgan fingerprint density at radius 2 is 2.44 bits per heavy atom. The van der Waals surface area contributed by atoms with Crippen molar-refractivity contribution >= 4 is 0 Å². The zero-order valence-corrected chi connectivity index (χ0v) is 10.7. The second kappa shape index (κ2) is 5.67. The molecule has 1 rings (SSSR count). The second-order valence-corrected chi connectivity index (χ2v) is 5.27. The van der Waals surface area contributed by atoms with Crippen molar-refractivity contribution < 1.29 is 9.22 Å². The van der Waals surface area contributed by atoms with Crippen LogP contribution in [0.25, 0.3) is 0 Å². The summed E-state index contributed by atoms with van der Waals surface area (Å²) in [5, 5.41) is 10.8. The van der Waals surface area contributed by atoms with E-state index in [1.165, 1.54) is 5.57 Å². The molecule has 1 N–H and O–H groups in total. The van der Waals surface area contributed by atoms with Gasteiger partial charge in [-0.15, -0.1) is 0 Å². The van der Waals surface area contributed by atoms with E-state index in [1.807, 2.05) is 19.9 Å². The highest BCUT2D eigenvalue weighted by Gasteiger charge is 2.31. The van der Waals surface area contributed by atoms with Crippen LogP contribution in [-0.4, -0.2) is 10.7 Å². The average molecular weight is 225 g/mol. The van der Waals surface area contributed by atoms with Crippen LogP contribution in [0.3, 0.4) is 0 Å². The van der Waals surface area contributed by atoms with E-state index in [9.17, 15) is 5.11 Å². The Labute approximate surface area is 104 Å². The maximum atomic E-state index is 10.8. The zero-order chi connectivity index (χ0) is 14.7. The van der Waals surface area contributed by atoms with Crippen LogP contribution >= 0.6 is 0 Å². The Morgan fingerprint density at radius 1 is 1.69 bits per heavy atom. The van der Waals surface area contributed by atoms with Crippen molar-refractivity contribution in [3.05, 3.63) is 23.3 Å². The van der Waals surface area contributed by atoms with Crippen molar-refractivity contribution in [2.45, 2.75) is 65.3 Å². The quantitative estimate of drug-likeness (QED) is 0.710. The van der Waals surface area contributed by atoms with E-state index in [-0.39, 0.29) is 5.92 Å². The van der Waals surface area contributed by atoms with Gasteiger partial charge in [-0.3, -0.25) is 0 Å². The molecule has 0 bridgehead atoms. The Morgan fingerprint density at radius 3 is 2.94 bits per heavy atom. The molecule has 0 saturated heterocycles. The van der Waals surface area contributed by atoms with Gasteiger partial charge in [0.1, 0.15) is 0 Å². The smallest absolute Gasteiger partial charge is 0.0653 e. The van der Waals surface area contributed by atoms with Crippen LogP contribution in [-0.2, 0) is 0 Å². The number of hydrogen-bond donors (Lipinski definition) is 1. The number of rotatable bonds is 4. The Kier molecular flexibility index (Phi) is 3.36. The standard InChI is InChI=1S/C15H26O/c1-12(2)6-5-11-15(4,16)14-9-7-13(3)8-10-14/h6-7,14,16H,5,8-11H2,1-4H3/t14-,15-/m0/s1/i4D3. The molecule has 0 fully saturated rings. The number of hydrogen-bond acceptors (Lipinski definition) is 1. The van der Waals surface area contributed by atoms with Crippen LogP contribution in [0, 0.1) is 5.92 Å². The average Bonchev–Trinajstić information content (AvgIpc) is 2.27. The van der Waals surface area contributed by atoms with Gasteiger partial charge >= 0.3 is 0 Å². The fourth-order valence-electron chi connectivity index (χ4n) is 2.18. The SMILES string of the molecule is [2H]C([2H])([2H])[C@](O)(CCC=C(C)C)[C@H]1CC=C(C)CC1. The molecule has 0 aromatic carbocycles. The third-order valence-corrected chi connectivity index (χ3v) is 3.39. The van der Waals surface area contributed by atoms with Gasteiger partial charge in [-0.25, -0.2) is 0 Å². The van der Waals surface area contributed by atoms with Gasteiger partial charge in [-0.2, -0.15) is 0 Å². The van der Waals surface area contributed by atoms with E-state index >= 15 is 0 Å². The maximum Gasteiger partial charge on any atom is 0.0653 e. The van der Waals surface area contributed by atoms with Crippen molar-refractivity contribution in [3.8, 4) is 0 Å². The minimum atomic E-state index is -2.31. The molecule has 0 heterocycles. The molecule has 16 heavy (non-hydrogen) atoms. The molecule has 1 nitrogen and oxygen atoms in total. The van der Waals surface area contributed by atoms with E-state index < -0.39 is 12.5 Å². The second-order valence-electron chi connectivity index (χ2n) is 5.27. The van der Waals surface area contributed by atoms with Crippen LogP contribution < -0.4 is 0 Å². The van der Waals surface area contributed by atoms with Crippen LogP contribution in [0.2, 0.25) is 0 Å². The summed E-state index contributed by atoms with van der Waals surface area (Å²) in [5.41, 5.74) is 0.900. The summed E-state index contributed by atoms with van der Waals surface area (Å²) in [4.78, 5) is 0. The minimum Gasteiger partial charge on any atom is -0.390 e. The first-order valence-corrected chi connectivity index (χ1v) is 6.18. The fourth-order valence-corrected chi connectivity index (χ4v) is 2.18. The first-order valence-electron chi connectivity index (χ1n) is 7.68. The lowest BCUT2D eigenvalue weighted by Crippen LogP contribution is -2.35. The first-order chi connectivity index (χ1) is 8.67. The van der Waals surface area contributed by atoms with Gasteiger partial charge in [0.15, 0.2) is 0 Å². The van der Waals surface area contributed by atoms with Gasteiger partial charge in [0.25, 0.3) is 0 Å². The molecule has 0 radical (unpaired) electrons. The predicted octanol–water partition coefficient (Wildman–Crippen LogP) is 4.23. The molecular weight excluding hydrogens is 196 g/mol. The summed E-state index contributed by atoms with van der Waals surface area (Å²) in [6.07, 6.45) is 7.35. The van der Waals surface area contributed by atoms with Crippen molar-refractivity contribution in [1.29, 1.82) is 0 Å². The van der Waals surface area contributed by atoms with Gasteiger partial charge in [0.05, 0.1) is 5.60 Å². The first kappa shape index (κ1) is 9.47. The van der Waals surface area contributed by atoms with Crippen LogP contribution in [0.15, 0.2) is 23.3 Å². The van der Waals surface area contributed by atoms with Crippen molar-refractivity contribution in [1.82, 2.24) is 0 Å². The van der Waals surface area contributed by atoms with Crippen LogP contribution in [0.4, 0.5) is 0 Å². The summed E-state index contributed by atoms with van der Waals surface area (Å²) < 4.78 is 23.1. The third kappa shape index (κ3) is 4.13. The summed E-state index contributed by atoms with van der Waals surface area (Å²) in [7, 11) is 0. The number of aliphatic hydroxyl groups is 1. The molecular formula is C15H26O. The Balaban J connectivity index is 2.85. The minimum absolute atomic E-state index is 0.158. The van der Waals surface area contributed by atoms with E-state index in [1.54, 1.807) is 0 Å². The third-order valence-electron chi connectivity index (χ3n) is 3.39. The molecule has 1 aliphatic carbocycles. The predicted molar refractivity (Wildman–Crippen MR) is 70.4 cm³/mol. The van der Waals surface area contributed by atoms with E-state index in [2.05, 4.69) is 13.0 Å². The summed E-state index contributed by atoms with van der Waals surface area (Å²) in [6, 6.07) is 0. The van der Waals surface area contributed by atoms with Crippen molar-refractivity contribution in [2.24, 2.45) is 5.92 Å². The monoisotopic (exact) mass is 225 g/mol. The lowest BCUT2D eigenvalue weighted by atomic mass is 9.76. The van der Waals surface area contributed by atoms with Gasteiger partial charge in [-0.1, -0.05) is 23.3 Å². The van der Waals surface area contributed by atoms with E-state index in [0.717, 1.165) is 18.4 Å². The summed E-state index contributed by atoms with van der Waals surface area (Å²) in [5.74, 6) is -0.158. The molecule has 2 atom stereocenters. The van der Waals surface area contributed by atoms with Gasteiger partial charge in [-0.05, 0) is 65.6 Å². The lowest BCUT2D eigenvalue weighted by molar-refractivity contribution is -0.0122. The number of allylic oxidation sites excluding steroid dienone is 4. The summed E-state index contributed by atoms with van der Waals surface area (Å²) in [6.45, 7) is 3.72. The van der Waals surface area contributed by atoms with Crippen LogP contribution in [0.1, 0.15) is 63.8 Å². The molecule has 0 aliphatic heterocycles. The molecule has 0 amide bonds. The molecule has 0 spiro atoms. The van der Waals surface area contributed by atoms with Crippen LogP contribution in [0.5, 0.6) is 0 Å². The van der Waals surface area contributed by atoms with E-state index in [4.69, 9.17) is 4.11 Å². The highest BCUT2D eigenvalue weighted by molar-refractivity contribution is 5.06. The molecule has 1 aliphatic rings. The van der Waals surface area contributed by atoms with Crippen molar-refractivity contribution in [3.63, 3.8) is 0 Å². The summed E-state index contributed by atoms with van der Waals surface area (Å²) >= 11 is 0. The topological polar surface area (TPSA) is 20.2 Å². The molecule has 1 heteroatoms. The molecule has 0 saturated carbocycles. The van der Waals surface area contributed by atoms with E-state index in [0.29, 0.717) is 19.3 Å². The molecule has 0 aromatic heterocycles. The maximum absolute atomic E-state index is 10.8. The fraction of sp³-hybridized carbons (Fsp3) is 0.733. The lowest BCUT2D eigenvalue weighted by Gasteiger charge is -2.34. The molecule has 0 aromatic rings. The van der Waals surface area contributed by atoms with Gasteiger partial charge in [0, 0.05) is 4.11 Å². The van der Waals surface area contributed by atoms with Crippen molar-refractivity contribution in [2.75, 3.05) is 0 Å². The zero-order valence-electron chi connectivity index (χ0n) is 13.7. The van der Waals surface area contributed by atoms with Gasteiger partial charge < -0.3 is 5.11 Å². The largest absolute Gasteiger partial charge is 0.390 e. The molecule has 0 unspecified atom stereocenters. The Hall–Kier alpha value is -0.560. The highest BCUT2D eigenvalue weighted by Crippen LogP contribution is 2.34. The van der Waals surface area contributed by atoms with Gasteiger partial charge in [0.2, 0.25) is 0 Å². The normalized spacial score (nSPS) is 28.1.